The minimum Gasteiger partial charge on any atom is -0.382 e. The lowest BCUT2D eigenvalue weighted by Gasteiger charge is -2.17. The normalized spacial score (nSPS) is 9.94. The van der Waals surface area contributed by atoms with E-state index in [9.17, 15) is 9.70 Å². The fourth-order valence-electron chi connectivity index (χ4n) is 1.55. The fraction of sp³-hybridized carbons (Fsp3) is 0.364. The van der Waals surface area contributed by atoms with Gasteiger partial charge in [-0.2, -0.15) is 0 Å². The maximum atomic E-state index is 11.4. The summed E-state index contributed by atoms with van der Waals surface area (Å²) in [6.07, 6.45) is 0. The van der Waals surface area contributed by atoms with Crippen molar-refractivity contribution in [2.75, 3.05) is 24.3 Å². The molecule has 0 radical (unpaired) electrons. The molecule has 0 fully saturated rings. The summed E-state index contributed by atoms with van der Waals surface area (Å²) in [6.45, 7) is 3.35. The van der Waals surface area contributed by atoms with E-state index in [4.69, 9.17) is 0 Å². The van der Waals surface area contributed by atoms with Crippen LogP contribution >= 0.6 is 15.9 Å². The van der Waals surface area contributed by atoms with Gasteiger partial charge in [0, 0.05) is 31.1 Å². The number of hydrogen-bond donors (Lipinski definition) is 2. The number of carbonyl (C=O) groups is 1. The SMILES string of the molecule is CNc1c(Br)c(C)cc(N(C)C(C)=O)c1[NH+]=O. The lowest BCUT2D eigenvalue weighted by atomic mass is 10.1. The van der Waals surface area contributed by atoms with E-state index in [-0.39, 0.29) is 5.91 Å². The number of carbonyl (C=O) groups excluding carboxylic acids is 1. The van der Waals surface area contributed by atoms with Gasteiger partial charge in [0.2, 0.25) is 5.91 Å². The van der Waals surface area contributed by atoms with Gasteiger partial charge in [0.15, 0.2) is 0 Å². The van der Waals surface area contributed by atoms with Gasteiger partial charge in [0.1, 0.15) is 11.4 Å². The summed E-state index contributed by atoms with van der Waals surface area (Å²) in [6, 6.07) is 1.78. The van der Waals surface area contributed by atoms with Crippen LogP contribution in [0.4, 0.5) is 17.1 Å². The number of nitrogens with one attached hydrogen (secondary N) is 2. The highest BCUT2D eigenvalue weighted by Gasteiger charge is 2.23. The van der Waals surface area contributed by atoms with Crippen molar-refractivity contribution >= 4 is 38.9 Å². The molecular formula is C11H15BrN3O2+. The zero-order valence-corrected chi connectivity index (χ0v) is 11.8. The number of benzene rings is 1. The van der Waals surface area contributed by atoms with Crippen LogP contribution in [-0.4, -0.2) is 20.0 Å². The first-order valence-corrected chi connectivity index (χ1v) is 5.86. The maximum absolute atomic E-state index is 11.4. The van der Waals surface area contributed by atoms with E-state index >= 15 is 0 Å². The van der Waals surface area contributed by atoms with Crippen molar-refractivity contribution in [1.82, 2.24) is 0 Å². The number of aryl methyl sites for hydroxylation is 1. The molecule has 0 atom stereocenters. The predicted molar refractivity (Wildman–Crippen MR) is 71.5 cm³/mol. The summed E-state index contributed by atoms with van der Waals surface area (Å²) in [5.41, 5.74) is 2.49. The molecule has 0 spiro atoms. The van der Waals surface area contributed by atoms with E-state index in [0.717, 1.165) is 10.0 Å². The lowest BCUT2D eigenvalue weighted by molar-refractivity contribution is -0.377. The van der Waals surface area contributed by atoms with Crippen LogP contribution in [0, 0.1) is 11.8 Å². The van der Waals surface area contributed by atoms with Gasteiger partial charge >= 0.3 is 5.69 Å². The van der Waals surface area contributed by atoms with Crippen molar-refractivity contribution in [2.45, 2.75) is 13.8 Å². The highest BCUT2D eigenvalue weighted by atomic mass is 79.9. The first-order valence-electron chi connectivity index (χ1n) is 5.07. The van der Waals surface area contributed by atoms with E-state index in [2.05, 4.69) is 21.2 Å². The van der Waals surface area contributed by atoms with Crippen molar-refractivity contribution in [2.24, 2.45) is 0 Å². The predicted octanol–water partition coefficient (Wildman–Crippen LogP) is 1.26. The number of rotatable bonds is 3. The molecule has 5 nitrogen and oxygen atoms in total. The van der Waals surface area contributed by atoms with Gasteiger partial charge in [-0.3, -0.25) is 4.79 Å². The molecule has 1 amide bonds. The van der Waals surface area contributed by atoms with E-state index < -0.39 is 0 Å². The molecule has 17 heavy (non-hydrogen) atoms. The van der Waals surface area contributed by atoms with Crippen LogP contribution in [0.15, 0.2) is 10.5 Å². The van der Waals surface area contributed by atoms with Crippen molar-refractivity contribution in [3.63, 3.8) is 0 Å². The van der Waals surface area contributed by atoms with Gasteiger partial charge in [-0.05, 0) is 34.5 Å². The summed E-state index contributed by atoms with van der Waals surface area (Å²) in [5, 5.41) is 4.83. The van der Waals surface area contributed by atoms with Crippen LogP contribution in [-0.2, 0) is 4.79 Å². The molecule has 1 aromatic rings. The molecule has 1 aromatic carbocycles. The third-order valence-electron chi connectivity index (χ3n) is 2.61. The van der Waals surface area contributed by atoms with Gasteiger partial charge in [-0.1, -0.05) is 0 Å². The topological polar surface area (TPSA) is 63.4 Å². The number of nitrogens with zero attached hydrogens (tertiary/aromatic N) is 1. The molecule has 2 N–H and O–H groups in total. The van der Waals surface area contributed by atoms with Gasteiger partial charge in [-0.25, -0.2) is 0 Å². The summed E-state index contributed by atoms with van der Waals surface area (Å²) in [7, 11) is 3.35. The Bertz CT molecular complexity index is 474. The van der Waals surface area contributed by atoms with Crippen molar-refractivity contribution in [1.29, 1.82) is 0 Å². The molecule has 0 saturated carbocycles. The first kappa shape index (κ1) is 13.6. The average Bonchev–Trinajstić information content (AvgIpc) is 2.30. The summed E-state index contributed by atoms with van der Waals surface area (Å²) in [4.78, 5) is 23.9. The van der Waals surface area contributed by atoms with Crippen molar-refractivity contribution in [3.8, 4) is 0 Å². The Hall–Kier alpha value is -1.43. The van der Waals surface area contributed by atoms with E-state index in [1.54, 1.807) is 20.2 Å². The maximum Gasteiger partial charge on any atom is 0.300 e. The molecule has 0 aromatic heterocycles. The standard InChI is InChI=1S/C11H14BrN3O2/c1-6-5-8(15(4)7(2)16)10(14-17)11(13-3)9(6)12/h5,13H,1-4H3/p+1. The zero-order chi connectivity index (χ0) is 13.2. The quantitative estimate of drug-likeness (QED) is 0.883. The molecule has 0 heterocycles. The molecule has 0 aliphatic carbocycles. The highest BCUT2D eigenvalue weighted by molar-refractivity contribution is 9.10. The third kappa shape index (κ3) is 2.46. The highest BCUT2D eigenvalue weighted by Crippen LogP contribution is 2.37. The van der Waals surface area contributed by atoms with Gasteiger partial charge in [-0.15, -0.1) is 0 Å². The van der Waals surface area contributed by atoms with Crippen LogP contribution in [0.2, 0.25) is 0 Å². The Kier molecular flexibility index (Phi) is 4.22. The van der Waals surface area contributed by atoms with Gasteiger partial charge in [0.05, 0.1) is 4.47 Å². The number of amides is 1. The Labute approximate surface area is 108 Å². The largest absolute Gasteiger partial charge is 0.382 e. The monoisotopic (exact) mass is 300 g/mol. The summed E-state index contributed by atoms with van der Waals surface area (Å²) in [5.74, 6) is -0.134. The lowest BCUT2D eigenvalue weighted by Crippen LogP contribution is -2.57. The van der Waals surface area contributed by atoms with Crippen molar-refractivity contribution in [3.05, 3.63) is 21.0 Å². The third-order valence-corrected chi connectivity index (χ3v) is 3.63. The molecule has 0 unspecified atom stereocenters. The summed E-state index contributed by atoms with van der Waals surface area (Å²) < 4.78 is 0.805. The van der Waals surface area contributed by atoms with E-state index in [1.165, 1.54) is 11.8 Å². The molecule has 92 valence electrons. The smallest absolute Gasteiger partial charge is 0.300 e. The van der Waals surface area contributed by atoms with E-state index in [1.807, 2.05) is 12.1 Å². The number of anilines is 2. The molecule has 0 aliphatic heterocycles. The summed E-state index contributed by atoms with van der Waals surface area (Å²) >= 11 is 3.41. The molecule has 6 heteroatoms. The molecule has 1 rings (SSSR count). The first-order chi connectivity index (χ1) is 7.93. The molecule has 0 bridgehead atoms. The zero-order valence-electron chi connectivity index (χ0n) is 10.2. The minimum atomic E-state index is -0.134. The number of nitroso groups, excluding NO2 is 1. The second-order valence-corrected chi connectivity index (χ2v) is 4.50. The van der Waals surface area contributed by atoms with Crippen LogP contribution in [0.1, 0.15) is 12.5 Å². The average molecular weight is 301 g/mol. The molecular weight excluding hydrogens is 286 g/mol. The van der Waals surface area contributed by atoms with Crippen LogP contribution in [0.3, 0.4) is 0 Å². The van der Waals surface area contributed by atoms with Gasteiger partial charge < -0.3 is 10.2 Å². The second kappa shape index (κ2) is 5.27. The Balaban J connectivity index is 3.55. The van der Waals surface area contributed by atoms with Crippen LogP contribution in [0.5, 0.6) is 0 Å². The van der Waals surface area contributed by atoms with Gasteiger partial charge in [0.25, 0.3) is 0 Å². The Morgan fingerprint density at radius 2 is 2.12 bits per heavy atom. The second-order valence-electron chi connectivity index (χ2n) is 3.71. The molecule has 0 saturated heterocycles. The van der Waals surface area contributed by atoms with Crippen molar-refractivity contribution < 1.29 is 9.97 Å². The Morgan fingerprint density at radius 1 is 1.53 bits per heavy atom. The van der Waals surface area contributed by atoms with Crippen LogP contribution < -0.4 is 15.4 Å². The fourth-order valence-corrected chi connectivity index (χ4v) is 2.06. The van der Waals surface area contributed by atoms with Crippen LogP contribution in [0.25, 0.3) is 0 Å². The van der Waals surface area contributed by atoms with E-state index in [0.29, 0.717) is 17.1 Å². The minimum absolute atomic E-state index is 0.134. The number of hydrogen-bond acceptors (Lipinski definition) is 3. The number of halogens is 1. The molecule has 0 aliphatic rings. The Morgan fingerprint density at radius 3 is 2.53 bits per heavy atom.